The molecular formula is C12H19NdO4P. The molecule has 0 aliphatic heterocycles. The molecule has 0 heterocycles. The van der Waals surface area contributed by atoms with Crippen LogP contribution in [0, 0.1) is 40.8 Å². The summed E-state index contributed by atoms with van der Waals surface area (Å²) in [5.41, 5.74) is 1.64. The van der Waals surface area contributed by atoms with E-state index in [0.29, 0.717) is 5.75 Å². The van der Waals surface area contributed by atoms with E-state index >= 15 is 0 Å². The third kappa shape index (κ3) is 5.25. The van der Waals surface area contributed by atoms with Crippen molar-refractivity contribution in [2.45, 2.75) is 39.5 Å². The fourth-order valence-corrected chi connectivity index (χ4v) is 2.16. The number of para-hydroxylation sites is 1. The Morgan fingerprint density at radius 1 is 1.06 bits per heavy atom. The van der Waals surface area contributed by atoms with Crippen molar-refractivity contribution in [2.75, 3.05) is 0 Å². The molecule has 0 spiro atoms. The van der Waals surface area contributed by atoms with Crippen molar-refractivity contribution >= 4 is 7.82 Å². The van der Waals surface area contributed by atoms with E-state index in [1.165, 1.54) is 0 Å². The average molecular weight is 402 g/mol. The van der Waals surface area contributed by atoms with Crippen LogP contribution in [0.3, 0.4) is 0 Å². The number of hydrogen-bond donors (Lipinski definition) is 2. The molecule has 100 valence electrons. The molecule has 6 heteroatoms. The van der Waals surface area contributed by atoms with Crippen LogP contribution in [0.5, 0.6) is 5.75 Å². The summed E-state index contributed by atoms with van der Waals surface area (Å²) >= 11 is 0. The van der Waals surface area contributed by atoms with Crippen LogP contribution >= 0.6 is 7.82 Å². The van der Waals surface area contributed by atoms with E-state index in [1.54, 1.807) is 0 Å². The molecule has 0 aliphatic rings. The Bertz CT molecular complexity index is 413. The third-order valence-corrected chi connectivity index (χ3v) is 2.95. The van der Waals surface area contributed by atoms with Crippen molar-refractivity contribution in [3.05, 3.63) is 29.3 Å². The minimum atomic E-state index is -4.52. The summed E-state index contributed by atoms with van der Waals surface area (Å²) < 4.78 is 15.9. The molecule has 4 nitrogen and oxygen atoms in total. The van der Waals surface area contributed by atoms with Crippen molar-refractivity contribution in [3.63, 3.8) is 0 Å². The summed E-state index contributed by atoms with van der Waals surface area (Å²) in [6.07, 6.45) is 0. The smallest absolute Gasteiger partial charge is 0.404 e. The second kappa shape index (κ2) is 7.34. The van der Waals surface area contributed by atoms with E-state index in [2.05, 4.69) is 0 Å². The van der Waals surface area contributed by atoms with Crippen LogP contribution in [0.1, 0.15) is 50.7 Å². The molecule has 1 aromatic rings. The molecule has 0 amide bonds. The van der Waals surface area contributed by atoms with Crippen molar-refractivity contribution in [1.82, 2.24) is 0 Å². The summed E-state index contributed by atoms with van der Waals surface area (Å²) in [5.74, 6) is 0.622. The molecule has 1 aromatic carbocycles. The van der Waals surface area contributed by atoms with E-state index in [4.69, 9.17) is 14.3 Å². The minimum absolute atomic E-state index is 0. The molecule has 0 fully saturated rings. The number of benzene rings is 1. The standard InChI is InChI=1S/C12H19O4P.Nd/c1-8(2)10-6-5-7-11(9(3)4)12(10)16-17(13,14)15;/h5-9H,1-4H3,(H2,13,14,15);. The SMILES string of the molecule is CC(C)c1cccc(C(C)C)c1OP(=O)(O)O.[Nd]. The largest absolute Gasteiger partial charge is 0.524 e. The van der Waals surface area contributed by atoms with E-state index in [1.807, 2.05) is 45.9 Å². The quantitative estimate of drug-likeness (QED) is 0.758. The van der Waals surface area contributed by atoms with Gasteiger partial charge in [0.2, 0.25) is 0 Å². The molecule has 2 N–H and O–H groups in total. The van der Waals surface area contributed by atoms with E-state index < -0.39 is 7.82 Å². The molecule has 0 saturated heterocycles. The topological polar surface area (TPSA) is 66.8 Å². The second-order valence-electron chi connectivity index (χ2n) is 4.66. The molecule has 18 heavy (non-hydrogen) atoms. The fourth-order valence-electron chi connectivity index (χ4n) is 1.71. The summed E-state index contributed by atoms with van der Waals surface area (Å²) in [5, 5.41) is 0. The van der Waals surface area contributed by atoms with Crippen LogP contribution in [-0.4, -0.2) is 9.79 Å². The van der Waals surface area contributed by atoms with Gasteiger partial charge in [-0.2, -0.15) is 0 Å². The predicted octanol–water partition coefficient (Wildman–Crippen LogP) is 3.40. The number of rotatable bonds is 4. The monoisotopic (exact) mass is 400 g/mol. The molecule has 0 saturated carbocycles. The first-order valence-corrected chi connectivity index (χ1v) is 7.13. The first-order chi connectivity index (χ1) is 7.72. The Balaban J connectivity index is 0.00000289. The third-order valence-electron chi connectivity index (χ3n) is 2.53. The molecule has 0 unspecified atom stereocenters. The van der Waals surface area contributed by atoms with Crippen LogP contribution in [0.2, 0.25) is 0 Å². The van der Waals surface area contributed by atoms with Crippen LogP contribution in [-0.2, 0) is 4.57 Å². The van der Waals surface area contributed by atoms with Crippen LogP contribution in [0.4, 0.5) is 0 Å². The minimum Gasteiger partial charge on any atom is -0.404 e. The Hall–Kier alpha value is 0.521. The zero-order valence-corrected chi connectivity index (χ0v) is 15.1. The van der Waals surface area contributed by atoms with Gasteiger partial charge in [-0.05, 0) is 23.0 Å². The van der Waals surface area contributed by atoms with E-state index in [0.717, 1.165) is 11.1 Å². The van der Waals surface area contributed by atoms with Crippen molar-refractivity contribution in [3.8, 4) is 5.75 Å². The zero-order chi connectivity index (χ0) is 13.2. The second-order valence-corrected chi connectivity index (χ2v) is 5.82. The molecule has 0 radical (unpaired) electrons. The van der Waals surface area contributed by atoms with Crippen LogP contribution in [0.15, 0.2) is 18.2 Å². The maximum absolute atomic E-state index is 11.0. The molecule has 0 bridgehead atoms. The molecular weight excluding hydrogens is 383 g/mol. The summed E-state index contributed by atoms with van der Waals surface area (Å²) in [4.78, 5) is 17.9. The summed E-state index contributed by atoms with van der Waals surface area (Å²) in [7, 11) is -4.52. The van der Waals surface area contributed by atoms with Gasteiger partial charge in [0.15, 0.2) is 0 Å². The van der Waals surface area contributed by atoms with E-state index in [-0.39, 0.29) is 52.7 Å². The number of phosphoric ester groups is 1. The van der Waals surface area contributed by atoms with Gasteiger partial charge in [0, 0.05) is 40.8 Å². The number of phosphoric acid groups is 1. The van der Waals surface area contributed by atoms with Gasteiger partial charge in [-0.3, -0.25) is 9.79 Å². The normalized spacial score (nSPS) is 11.6. The Labute approximate surface area is 141 Å². The molecule has 0 atom stereocenters. The first kappa shape index (κ1) is 18.5. The first-order valence-electron chi connectivity index (χ1n) is 5.60. The van der Waals surface area contributed by atoms with Crippen molar-refractivity contribution in [1.29, 1.82) is 0 Å². The Morgan fingerprint density at radius 2 is 1.44 bits per heavy atom. The summed E-state index contributed by atoms with van der Waals surface area (Å²) in [6, 6.07) is 5.56. The van der Waals surface area contributed by atoms with Gasteiger partial charge in [0.25, 0.3) is 0 Å². The molecule has 0 aliphatic carbocycles. The van der Waals surface area contributed by atoms with Crippen LogP contribution in [0.25, 0.3) is 0 Å². The summed E-state index contributed by atoms with van der Waals surface area (Å²) in [6.45, 7) is 7.86. The maximum Gasteiger partial charge on any atom is 0.524 e. The Morgan fingerprint density at radius 3 is 1.72 bits per heavy atom. The van der Waals surface area contributed by atoms with E-state index in [9.17, 15) is 4.57 Å². The fraction of sp³-hybridized carbons (Fsp3) is 0.500. The van der Waals surface area contributed by atoms with Gasteiger partial charge in [-0.25, -0.2) is 4.57 Å². The Kier molecular flexibility index (Phi) is 7.55. The van der Waals surface area contributed by atoms with Gasteiger partial charge in [0.05, 0.1) is 0 Å². The molecule has 1 rings (SSSR count). The number of hydrogen-bond acceptors (Lipinski definition) is 2. The van der Waals surface area contributed by atoms with Gasteiger partial charge in [0.1, 0.15) is 5.75 Å². The van der Waals surface area contributed by atoms with Gasteiger partial charge < -0.3 is 4.52 Å². The van der Waals surface area contributed by atoms with Crippen molar-refractivity contribution in [2.24, 2.45) is 0 Å². The van der Waals surface area contributed by atoms with Gasteiger partial charge >= 0.3 is 7.82 Å². The van der Waals surface area contributed by atoms with Crippen molar-refractivity contribution < 1.29 is 59.7 Å². The predicted molar refractivity (Wildman–Crippen MR) is 67.3 cm³/mol. The molecule has 0 aromatic heterocycles. The zero-order valence-electron chi connectivity index (χ0n) is 11.0. The maximum atomic E-state index is 11.0. The van der Waals surface area contributed by atoms with Gasteiger partial charge in [-0.1, -0.05) is 45.9 Å². The van der Waals surface area contributed by atoms with Gasteiger partial charge in [-0.15, -0.1) is 0 Å². The average Bonchev–Trinajstić information content (AvgIpc) is 2.14. The van der Waals surface area contributed by atoms with Crippen LogP contribution < -0.4 is 4.52 Å².